The van der Waals surface area contributed by atoms with Crippen LogP contribution in [0.4, 0.5) is 0 Å². The molecule has 0 aliphatic carbocycles. The van der Waals surface area contributed by atoms with Crippen molar-refractivity contribution < 1.29 is 24.9 Å². The molecule has 0 fully saturated rings. The monoisotopic (exact) mass is 148 g/mol. The Kier molecular flexibility index (Phi) is 3.60. The number of carbonyl (C=O) groups excluding carboxylic acids is 1. The molecule has 3 N–H and O–H groups in total. The van der Waals surface area contributed by atoms with Crippen molar-refractivity contribution in [3.05, 3.63) is 0 Å². The molecule has 58 valence electrons. The highest BCUT2D eigenvalue weighted by molar-refractivity contribution is 5.68. The summed E-state index contributed by atoms with van der Waals surface area (Å²) in [5, 5.41) is 25.2. The Morgan fingerprint density at radius 3 is 2.30 bits per heavy atom. The van der Waals surface area contributed by atoms with E-state index in [1.54, 1.807) is 0 Å². The first kappa shape index (κ1) is 9.06. The number of rotatable bonds is 4. The maximum atomic E-state index is 9.84. The molecular formula is C5H8O5. The van der Waals surface area contributed by atoms with Crippen molar-refractivity contribution in [3.8, 4) is 0 Å². The van der Waals surface area contributed by atoms with Gasteiger partial charge in [-0.3, -0.25) is 4.79 Å². The third kappa shape index (κ3) is 3.16. The van der Waals surface area contributed by atoms with Crippen LogP contribution in [-0.4, -0.2) is 39.8 Å². The molecule has 0 spiro atoms. The van der Waals surface area contributed by atoms with E-state index in [1.165, 1.54) is 0 Å². The fraction of sp³-hybridized carbons (Fsp3) is 0.600. The number of carboxylic acid groups (broad SMARTS) is 1. The molecule has 0 saturated carbocycles. The van der Waals surface area contributed by atoms with Crippen molar-refractivity contribution in [2.75, 3.05) is 0 Å². The third-order valence-corrected chi connectivity index (χ3v) is 0.917. The average molecular weight is 148 g/mol. The van der Waals surface area contributed by atoms with Gasteiger partial charge in [0.05, 0.1) is 12.5 Å². The first-order valence-electron chi connectivity index (χ1n) is 2.61. The van der Waals surface area contributed by atoms with Gasteiger partial charge >= 0.3 is 5.97 Å². The summed E-state index contributed by atoms with van der Waals surface area (Å²) in [4.78, 5) is 19.6. The molecule has 0 heterocycles. The largest absolute Gasteiger partial charge is 0.481 e. The molecule has 0 rings (SSSR count). The van der Waals surface area contributed by atoms with Crippen LogP contribution < -0.4 is 0 Å². The Morgan fingerprint density at radius 2 is 2.00 bits per heavy atom. The highest BCUT2D eigenvalue weighted by atomic mass is 16.4. The second-order valence-corrected chi connectivity index (χ2v) is 1.79. The van der Waals surface area contributed by atoms with E-state index in [2.05, 4.69) is 0 Å². The number of carbonyl (C=O) groups is 2. The van der Waals surface area contributed by atoms with Gasteiger partial charge in [-0.1, -0.05) is 0 Å². The zero-order valence-corrected chi connectivity index (χ0v) is 5.10. The van der Waals surface area contributed by atoms with Gasteiger partial charge in [0.1, 0.15) is 6.10 Å². The Bertz CT molecular complexity index is 132. The van der Waals surface area contributed by atoms with Gasteiger partial charge in [-0.2, -0.15) is 0 Å². The summed E-state index contributed by atoms with van der Waals surface area (Å²) >= 11 is 0. The summed E-state index contributed by atoms with van der Waals surface area (Å²) in [6.45, 7) is 0. The number of hydrogen-bond donors (Lipinski definition) is 3. The predicted molar refractivity (Wildman–Crippen MR) is 30.3 cm³/mol. The summed E-state index contributed by atoms with van der Waals surface area (Å²) in [6.07, 6.45) is -3.64. The second kappa shape index (κ2) is 3.97. The summed E-state index contributed by atoms with van der Waals surface area (Å²) in [5.74, 6) is -1.26. The van der Waals surface area contributed by atoms with Gasteiger partial charge in [-0.15, -0.1) is 0 Å². The van der Waals surface area contributed by atoms with Crippen LogP contribution in [0.1, 0.15) is 6.42 Å². The van der Waals surface area contributed by atoms with Gasteiger partial charge in [0.15, 0.2) is 6.29 Å². The smallest absolute Gasteiger partial charge is 0.306 e. The van der Waals surface area contributed by atoms with Gasteiger partial charge < -0.3 is 20.1 Å². The van der Waals surface area contributed by atoms with Gasteiger partial charge in [-0.25, -0.2) is 0 Å². The quantitative estimate of drug-likeness (QED) is 0.416. The minimum atomic E-state index is -1.60. The highest BCUT2D eigenvalue weighted by Crippen LogP contribution is 1.95. The van der Waals surface area contributed by atoms with Crippen LogP contribution in [0.2, 0.25) is 0 Å². The van der Waals surface area contributed by atoms with Gasteiger partial charge in [0, 0.05) is 0 Å². The molecule has 5 heteroatoms. The van der Waals surface area contributed by atoms with Crippen LogP contribution in [0.25, 0.3) is 0 Å². The van der Waals surface area contributed by atoms with Crippen LogP contribution >= 0.6 is 0 Å². The average Bonchev–Trinajstić information content (AvgIpc) is 1.85. The number of carboxylic acids is 1. The Labute approximate surface area is 56.9 Å². The molecule has 0 aliphatic heterocycles. The number of aliphatic hydroxyl groups is 2. The molecule has 2 unspecified atom stereocenters. The van der Waals surface area contributed by atoms with E-state index in [9.17, 15) is 9.59 Å². The zero-order chi connectivity index (χ0) is 8.15. The molecule has 2 atom stereocenters. The van der Waals surface area contributed by atoms with E-state index in [1.807, 2.05) is 0 Å². The van der Waals surface area contributed by atoms with Crippen LogP contribution in [0.5, 0.6) is 0 Å². The maximum absolute atomic E-state index is 9.84. The van der Waals surface area contributed by atoms with E-state index >= 15 is 0 Å². The van der Waals surface area contributed by atoms with Crippen molar-refractivity contribution in [2.45, 2.75) is 18.6 Å². The summed E-state index contributed by atoms with van der Waals surface area (Å²) < 4.78 is 0. The van der Waals surface area contributed by atoms with E-state index in [0.29, 0.717) is 0 Å². The second-order valence-electron chi connectivity index (χ2n) is 1.79. The van der Waals surface area contributed by atoms with Gasteiger partial charge in [-0.05, 0) is 0 Å². The lowest BCUT2D eigenvalue weighted by molar-refractivity contribution is -0.141. The fourth-order valence-electron chi connectivity index (χ4n) is 0.390. The normalized spacial score (nSPS) is 15.8. The lowest BCUT2D eigenvalue weighted by Gasteiger charge is -2.08. The standard InChI is InChI=1S/C5H8O5/c6-2-4(8)3(7)1-5(9)10/h2-4,7-8H,1H2,(H,9,10). The zero-order valence-electron chi connectivity index (χ0n) is 5.10. The molecule has 0 amide bonds. The minimum Gasteiger partial charge on any atom is -0.481 e. The minimum absolute atomic E-state index is 0.0909. The Balaban J connectivity index is 3.71. The molecule has 0 aliphatic rings. The van der Waals surface area contributed by atoms with Crippen molar-refractivity contribution in [1.29, 1.82) is 0 Å². The number of hydrogen-bond acceptors (Lipinski definition) is 4. The van der Waals surface area contributed by atoms with E-state index < -0.39 is 24.6 Å². The Morgan fingerprint density at radius 1 is 1.50 bits per heavy atom. The molecule has 0 aromatic heterocycles. The highest BCUT2D eigenvalue weighted by Gasteiger charge is 2.17. The third-order valence-electron chi connectivity index (χ3n) is 0.917. The van der Waals surface area contributed by atoms with E-state index in [0.717, 1.165) is 0 Å². The van der Waals surface area contributed by atoms with Crippen molar-refractivity contribution in [1.82, 2.24) is 0 Å². The van der Waals surface area contributed by atoms with Gasteiger partial charge in [0.25, 0.3) is 0 Å². The summed E-state index contributed by atoms with van der Waals surface area (Å²) in [5.41, 5.74) is 0. The van der Waals surface area contributed by atoms with Crippen LogP contribution in [0, 0.1) is 0 Å². The molecule has 10 heavy (non-hydrogen) atoms. The summed E-state index contributed by atoms with van der Waals surface area (Å²) in [7, 11) is 0. The number of aliphatic hydroxyl groups excluding tert-OH is 2. The van der Waals surface area contributed by atoms with Crippen molar-refractivity contribution in [2.24, 2.45) is 0 Å². The van der Waals surface area contributed by atoms with Crippen LogP contribution in [-0.2, 0) is 9.59 Å². The first-order valence-corrected chi connectivity index (χ1v) is 2.61. The van der Waals surface area contributed by atoms with E-state index in [4.69, 9.17) is 15.3 Å². The number of aliphatic carboxylic acids is 1. The first-order chi connectivity index (χ1) is 4.57. The van der Waals surface area contributed by atoms with Crippen LogP contribution in [0.3, 0.4) is 0 Å². The lowest BCUT2D eigenvalue weighted by atomic mass is 10.1. The Hall–Kier alpha value is -0.940. The molecule has 5 nitrogen and oxygen atoms in total. The number of aldehydes is 1. The molecule has 0 bridgehead atoms. The fourth-order valence-corrected chi connectivity index (χ4v) is 0.390. The summed E-state index contributed by atoms with van der Waals surface area (Å²) in [6, 6.07) is 0. The molecule has 0 saturated heterocycles. The van der Waals surface area contributed by atoms with Crippen molar-refractivity contribution in [3.63, 3.8) is 0 Å². The molecule has 0 radical (unpaired) electrons. The van der Waals surface area contributed by atoms with Crippen molar-refractivity contribution >= 4 is 12.3 Å². The SMILES string of the molecule is O=CC(O)C(O)CC(=O)O. The topological polar surface area (TPSA) is 94.8 Å². The molecular weight excluding hydrogens is 140 g/mol. The van der Waals surface area contributed by atoms with E-state index in [-0.39, 0.29) is 6.29 Å². The molecule has 0 aromatic rings. The molecule has 0 aromatic carbocycles. The predicted octanol–water partition coefficient (Wildman–Crippen LogP) is -1.62. The lowest BCUT2D eigenvalue weighted by Crippen LogP contribution is -2.29. The van der Waals surface area contributed by atoms with Crippen LogP contribution in [0.15, 0.2) is 0 Å². The van der Waals surface area contributed by atoms with Gasteiger partial charge in [0.2, 0.25) is 0 Å². The maximum Gasteiger partial charge on any atom is 0.306 e.